The van der Waals surface area contributed by atoms with Crippen molar-refractivity contribution in [2.45, 2.75) is 92.2 Å². The summed E-state index contributed by atoms with van der Waals surface area (Å²) >= 11 is 0. The SMILES string of the molecule is CCCCC(CC)COC(=O)N(C)Cc1ccc(-c2ccc3ccc4ccc(-c5ccc(CN(C)C(=O)OCC(CC)CCCC)cc5)nc4c3n2)cc1. The summed E-state index contributed by atoms with van der Waals surface area (Å²) in [6.07, 6.45) is 8.26. The number of aromatic nitrogens is 2. The van der Waals surface area contributed by atoms with Gasteiger partial charge in [-0.05, 0) is 47.9 Å². The maximum absolute atomic E-state index is 12.7. The maximum atomic E-state index is 12.7. The summed E-state index contributed by atoms with van der Waals surface area (Å²) in [5.74, 6) is 0.829. The molecule has 8 heteroatoms. The summed E-state index contributed by atoms with van der Waals surface area (Å²) in [6, 6.07) is 28.8. The van der Waals surface area contributed by atoms with Gasteiger partial charge in [0.15, 0.2) is 0 Å². The van der Waals surface area contributed by atoms with Crippen LogP contribution in [0.5, 0.6) is 0 Å². The molecular weight excluding hydrogens is 673 g/mol. The van der Waals surface area contributed by atoms with Crippen molar-refractivity contribution in [3.8, 4) is 22.5 Å². The summed E-state index contributed by atoms with van der Waals surface area (Å²) < 4.78 is 11.3. The molecule has 2 amide bonds. The first-order valence-electron chi connectivity index (χ1n) is 19.9. The Bertz CT molecular complexity index is 1820. The first-order valence-corrected chi connectivity index (χ1v) is 19.9. The number of carbonyl (C=O) groups excluding carboxylic acids is 2. The van der Waals surface area contributed by atoms with Crippen molar-refractivity contribution in [1.82, 2.24) is 19.8 Å². The van der Waals surface area contributed by atoms with Crippen molar-refractivity contribution < 1.29 is 19.1 Å². The fourth-order valence-corrected chi connectivity index (χ4v) is 6.72. The van der Waals surface area contributed by atoms with Gasteiger partial charge in [0, 0.05) is 49.1 Å². The summed E-state index contributed by atoms with van der Waals surface area (Å²) in [7, 11) is 3.56. The Balaban J connectivity index is 1.25. The molecule has 0 spiro atoms. The van der Waals surface area contributed by atoms with Gasteiger partial charge in [0.2, 0.25) is 0 Å². The van der Waals surface area contributed by atoms with Gasteiger partial charge in [0.25, 0.3) is 0 Å². The number of ether oxygens (including phenoxy) is 2. The second kappa shape index (κ2) is 19.9. The lowest BCUT2D eigenvalue weighted by Crippen LogP contribution is -2.28. The number of carbonyl (C=O) groups is 2. The third-order valence-electron chi connectivity index (χ3n) is 10.5. The van der Waals surface area contributed by atoms with E-state index in [2.05, 4.69) is 76.2 Å². The van der Waals surface area contributed by atoms with Crippen LogP contribution in [0.4, 0.5) is 9.59 Å². The van der Waals surface area contributed by atoms with Crippen LogP contribution < -0.4 is 0 Å². The summed E-state index contributed by atoms with van der Waals surface area (Å²) in [4.78, 5) is 38.9. The molecule has 5 aromatic rings. The van der Waals surface area contributed by atoms with Crippen molar-refractivity contribution in [2.75, 3.05) is 27.3 Å². The number of rotatable bonds is 18. The second-order valence-corrected chi connectivity index (χ2v) is 14.7. The van der Waals surface area contributed by atoms with Gasteiger partial charge in [-0.3, -0.25) is 0 Å². The highest BCUT2D eigenvalue weighted by Crippen LogP contribution is 2.29. The molecule has 0 aliphatic carbocycles. The van der Waals surface area contributed by atoms with E-state index in [1.807, 2.05) is 36.4 Å². The third-order valence-corrected chi connectivity index (χ3v) is 10.5. The minimum Gasteiger partial charge on any atom is -0.449 e. The van der Waals surface area contributed by atoms with E-state index in [1.54, 1.807) is 23.9 Å². The van der Waals surface area contributed by atoms with Crippen LogP contribution in [0, 0.1) is 11.8 Å². The molecule has 2 atom stereocenters. The number of benzene rings is 3. The van der Waals surface area contributed by atoms with Crippen LogP contribution in [0.1, 0.15) is 90.2 Å². The normalized spacial score (nSPS) is 12.4. The molecule has 54 heavy (non-hydrogen) atoms. The molecule has 0 bridgehead atoms. The quantitative estimate of drug-likeness (QED) is 0.0835. The average molecular weight is 731 g/mol. The number of nitrogens with zero attached hydrogens (tertiary/aromatic N) is 4. The minimum atomic E-state index is -0.289. The lowest BCUT2D eigenvalue weighted by Gasteiger charge is -2.20. The fourth-order valence-electron chi connectivity index (χ4n) is 6.72. The molecule has 3 aromatic carbocycles. The first kappa shape index (κ1) is 40.2. The monoisotopic (exact) mass is 730 g/mol. The molecule has 2 aromatic heterocycles. The zero-order chi connectivity index (χ0) is 38.5. The van der Waals surface area contributed by atoms with Crippen LogP contribution >= 0.6 is 0 Å². The topological polar surface area (TPSA) is 84.9 Å². The molecule has 0 saturated heterocycles. The van der Waals surface area contributed by atoms with E-state index in [4.69, 9.17) is 19.4 Å². The van der Waals surface area contributed by atoms with E-state index in [1.165, 1.54) is 0 Å². The zero-order valence-corrected chi connectivity index (χ0v) is 33.1. The maximum Gasteiger partial charge on any atom is 0.409 e. The van der Waals surface area contributed by atoms with Gasteiger partial charge < -0.3 is 19.3 Å². The Labute approximate surface area is 321 Å². The molecule has 8 nitrogen and oxygen atoms in total. The van der Waals surface area contributed by atoms with Gasteiger partial charge in [-0.25, -0.2) is 19.6 Å². The Morgan fingerprint density at radius 2 is 0.926 bits per heavy atom. The van der Waals surface area contributed by atoms with Crippen LogP contribution in [0.3, 0.4) is 0 Å². The molecule has 0 aliphatic rings. The minimum absolute atomic E-state index is 0.289. The number of hydrogen-bond acceptors (Lipinski definition) is 6. The van der Waals surface area contributed by atoms with E-state index >= 15 is 0 Å². The Kier molecular flexibility index (Phi) is 14.8. The Morgan fingerprint density at radius 1 is 0.556 bits per heavy atom. The summed E-state index contributed by atoms with van der Waals surface area (Å²) in [6.45, 7) is 10.6. The van der Waals surface area contributed by atoms with Gasteiger partial charge >= 0.3 is 12.2 Å². The molecule has 0 saturated carbocycles. The average Bonchev–Trinajstić information content (AvgIpc) is 3.20. The van der Waals surface area contributed by atoms with Gasteiger partial charge in [0.1, 0.15) is 0 Å². The molecule has 2 heterocycles. The van der Waals surface area contributed by atoms with Gasteiger partial charge in [-0.15, -0.1) is 0 Å². The standard InChI is InChI=1S/C46H58N4O4/c1-7-11-13-33(9-3)31-53-45(51)49(5)29-35-15-19-37(20-16-35)41-27-25-39-23-24-40-26-28-42(48-44(40)43(39)47-41)38-21-17-36(18-22-38)30-50(6)46(52)54-32-34(10-4)14-12-8-2/h15-28,33-34H,7-14,29-32H2,1-6H3. The highest BCUT2D eigenvalue weighted by Gasteiger charge is 2.16. The summed E-state index contributed by atoms with van der Waals surface area (Å²) in [5.41, 5.74) is 7.44. The lowest BCUT2D eigenvalue weighted by atomic mass is 10.0. The van der Waals surface area contributed by atoms with Crippen LogP contribution in [0.2, 0.25) is 0 Å². The highest BCUT2D eigenvalue weighted by atomic mass is 16.6. The zero-order valence-electron chi connectivity index (χ0n) is 33.1. The van der Waals surface area contributed by atoms with Crippen LogP contribution in [0.15, 0.2) is 84.9 Å². The lowest BCUT2D eigenvalue weighted by molar-refractivity contribution is 0.0897. The Hall–Kier alpha value is -4.98. The van der Waals surface area contributed by atoms with E-state index in [-0.39, 0.29) is 12.2 Å². The number of amides is 2. The third kappa shape index (κ3) is 10.8. The van der Waals surface area contributed by atoms with E-state index in [0.717, 1.165) is 107 Å². The fraction of sp³-hybridized carbons (Fsp3) is 0.435. The molecule has 0 radical (unpaired) electrons. The van der Waals surface area contributed by atoms with Crippen molar-refractivity contribution >= 4 is 34.0 Å². The van der Waals surface area contributed by atoms with Crippen molar-refractivity contribution in [3.63, 3.8) is 0 Å². The van der Waals surface area contributed by atoms with E-state index in [9.17, 15) is 9.59 Å². The van der Waals surface area contributed by atoms with Gasteiger partial charge in [-0.2, -0.15) is 0 Å². The molecular formula is C46H58N4O4. The number of fused-ring (bicyclic) bond motifs is 3. The van der Waals surface area contributed by atoms with Crippen molar-refractivity contribution in [1.29, 1.82) is 0 Å². The van der Waals surface area contributed by atoms with E-state index < -0.39 is 0 Å². The van der Waals surface area contributed by atoms with Crippen molar-refractivity contribution in [3.05, 3.63) is 96.1 Å². The molecule has 0 N–H and O–H groups in total. The largest absolute Gasteiger partial charge is 0.449 e. The van der Waals surface area contributed by atoms with Crippen LogP contribution in [-0.4, -0.2) is 59.3 Å². The highest BCUT2D eigenvalue weighted by molar-refractivity contribution is 6.04. The van der Waals surface area contributed by atoms with E-state index in [0.29, 0.717) is 38.1 Å². The first-order chi connectivity index (χ1) is 26.2. The van der Waals surface area contributed by atoms with Gasteiger partial charge in [-0.1, -0.05) is 139 Å². The molecule has 0 fully saturated rings. The molecule has 2 unspecified atom stereocenters. The molecule has 5 rings (SSSR count). The number of unbranched alkanes of at least 4 members (excludes halogenated alkanes) is 2. The number of hydrogen-bond donors (Lipinski definition) is 0. The summed E-state index contributed by atoms with van der Waals surface area (Å²) in [5, 5.41) is 2.04. The van der Waals surface area contributed by atoms with Crippen LogP contribution in [0.25, 0.3) is 44.3 Å². The molecule has 0 aliphatic heterocycles. The Morgan fingerprint density at radius 3 is 1.28 bits per heavy atom. The van der Waals surface area contributed by atoms with Crippen LogP contribution in [-0.2, 0) is 22.6 Å². The smallest absolute Gasteiger partial charge is 0.409 e. The van der Waals surface area contributed by atoms with Crippen molar-refractivity contribution in [2.24, 2.45) is 11.8 Å². The molecule has 286 valence electrons. The predicted molar refractivity (Wildman–Crippen MR) is 220 cm³/mol. The van der Waals surface area contributed by atoms with Gasteiger partial charge in [0.05, 0.1) is 35.6 Å². The second-order valence-electron chi connectivity index (χ2n) is 14.7. The predicted octanol–water partition coefficient (Wildman–Crippen LogP) is 11.7. The number of pyridine rings is 2.